The maximum absolute atomic E-state index is 11.0. The zero-order valence-electron chi connectivity index (χ0n) is 5.76. The number of hydrogen-bond donors (Lipinski definition) is 2. The molecule has 1 heterocycles. The van der Waals surface area contributed by atoms with E-state index >= 15 is 0 Å². The fourth-order valence-electron chi connectivity index (χ4n) is 1.22. The van der Waals surface area contributed by atoms with Crippen molar-refractivity contribution in [2.24, 2.45) is 0 Å². The lowest BCUT2D eigenvalue weighted by atomic mass is 10.4. The monoisotopic (exact) mass is 141 g/mol. The number of hydrogen-bond acceptors (Lipinski definition) is 2. The van der Waals surface area contributed by atoms with Gasteiger partial charge in [0.15, 0.2) is 0 Å². The molecule has 2 rings (SSSR count). The van der Waals surface area contributed by atoms with Crippen molar-refractivity contribution in [1.29, 1.82) is 0 Å². The van der Waals surface area contributed by atoms with Crippen LogP contribution in [0.25, 0.3) is 0 Å². The van der Waals surface area contributed by atoms with Crippen LogP contribution in [0, 0.1) is 0 Å². The highest BCUT2D eigenvalue weighted by molar-refractivity contribution is 5.75. The largest absolute Gasteiger partial charge is 0.332 e. The first-order chi connectivity index (χ1) is 4.88. The molecule has 1 saturated carbocycles. The summed E-state index contributed by atoms with van der Waals surface area (Å²) in [5.74, 6) is 0. The molecule has 10 heavy (non-hydrogen) atoms. The van der Waals surface area contributed by atoms with Gasteiger partial charge >= 0.3 is 6.03 Å². The Labute approximate surface area is 59.5 Å². The van der Waals surface area contributed by atoms with E-state index in [1.54, 1.807) is 0 Å². The van der Waals surface area contributed by atoms with E-state index in [1.165, 1.54) is 12.8 Å². The van der Waals surface area contributed by atoms with Gasteiger partial charge in [0.2, 0.25) is 0 Å². The number of urea groups is 1. The minimum absolute atomic E-state index is 0.0359. The molecule has 0 bridgehead atoms. The van der Waals surface area contributed by atoms with E-state index in [2.05, 4.69) is 10.9 Å². The van der Waals surface area contributed by atoms with Crippen molar-refractivity contribution in [2.45, 2.75) is 18.9 Å². The number of hydrazine groups is 1. The van der Waals surface area contributed by atoms with E-state index in [0.717, 1.165) is 13.1 Å². The number of amides is 2. The second-order valence-electron chi connectivity index (χ2n) is 2.78. The molecule has 0 unspecified atom stereocenters. The lowest BCUT2D eigenvalue weighted by Gasteiger charge is -2.27. The van der Waals surface area contributed by atoms with Gasteiger partial charge in [0.1, 0.15) is 0 Å². The molecule has 2 aliphatic rings. The Bertz CT molecular complexity index is 155. The molecule has 0 radical (unpaired) electrons. The van der Waals surface area contributed by atoms with Crippen LogP contribution in [0.2, 0.25) is 0 Å². The van der Waals surface area contributed by atoms with Crippen LogP contribution in [0.3, 0.4) is 0 Å². The predicted octanol–water partition coefficient (Wildman–Crippen LogP) is -0.321. The summed E-state index contributed by atoms with van der Waals surface area (Å²) in [7, 11) is 0. The number of carbonyl (C=O) groups excluding carboxylic acids is 1. The Hall–Kier alpha value is -0.770. The predicted molar refractivity (Wildman–Crippen MR) is 36.3 cm³/mol. The summed E-state index contributed by atoms with van der Waals surface area (Å²) in [6.45, 7) is 1.72. The van der Waals surface area contributed by atoms with Gasteiger partial charge in [0, 0.05) is 19.1 Å². The Morgan fingerprint density at radius 1 is 1.50 bits per heavy atom. The van der Waals surface area contributed by atoms with E-state index in [4.69, 9.17) is 0 Å². The summed E-state index contributed by atoms with van der Waals surface area (Å²) in [5.41, 5.74) is 5.40. The molecule has 2 N–H and O–H groups in total. The average molecular weight is 141 g/mol. The van der Waals surface area contributed by atoms with Crippen LogP contribution < -0.4 is 10.9 Å². The van der Waals surface area contributed by atoms with Crippen LogP contribution in [0.1, 0.15) is 12.8 Å². The number of rotatable bonds is 1. The van der Waals surface area contributed by atoms with Gasteiger partial charge in [-0.05, 0) is 12.8 Å². The minimum atomic E-state index is 0.0359. The van der Waals surface area contributed by atoms with E-state index in [1.807, 2.05) is 4.90 Å². The van der Waals surface area contributed by atoms with Crippen molar-refractivity contribution in [3.05, 3.63) is 0 Å². The third-order valence-electron chi connectivity index (χ3n) is 1.92. The van der Waals surface area contributed by atoms with Crippen molar-refractivity contribution in [3.8, 4) is 0 Å². The molecule has 1 saturated heterocycles. The quantitative estimate of drug-likeness (QED) is 0.525. The van der Waals surface area contributed by atoms with E-state index in [9.17, 15) is 4.79 Å². The van der Waals surface area contributed by atoms with Crippen molar-refractivity contribution in [2.75, 3.05) is 13.1 Å². The molecule has 1 aliphatic carbocycles. The molecule has 0 atom stereocenters. The fraction of sp³-hybridized carbons (Fsp3) is 0.833. The summed E-state index contributed by atoms with van der Waals surface area (Å²) in [4.78, 5) is 12.9. The Morgan fingerprint density at radius 2 is 2.30 bits per heavy atom. The highest BCUT2D eigenvalue weighted by atomic mass is 16.2. The zero-order chi connectivity index (χ0) is 6.97. The van der Waals surface area contributed by atoms with Crippen LogP contribution in [-0.2, 0) is 0 Å². The Kier molecular flexibility index (Phi) is 1.27. The second-order valence-corrected chi connectivity index (χ2v) is 2.78. The molecule has 2 amide bonds. The standard InChI is InChI=1S/C6H11N3O/c10-6-8-7-3-4-9(6)5-1-2-5/h5,7H,1-4H2,(H,8,10). The molecule has 2 fully saturated rings. The van der Waals surface area contributed by atoms with Gasteiger partial charge in [-0.25, -0.2) is 10.2 Å². The van der Waals surface area contributed by atoms with E-state index in [-0.39, 0.29) is 6.03 Å². The summed E-state index contributed by atoms with van der Waals surface area (Å²) in [6.07, 6.45) is 2.38. The maximum Gasteiger partial charge on any atom is 0.332 e. The first-order valence-electron chi connectivity index (χ1n) is 3.67. The summed E-state index contributed by atoms with van der Waals surface area (Å²) >= 11 is 0. The van der Waals surface area contributed by atoms with E-state index < -0.39 is 0 Å². The van der Waals surface area contributed by atoms with Crippen LogP contribution in [0.15, 0.2) is 0 Å². The number of nitrogens with zero attached hydrogens (tertiary/aromatic N) is 1. The van der Waals surface area contributed by atoms with Crippen LogP contribution in [0.4, 0.5) is 4.79 Å². The molecular formula is C6H11N3O. The van der Waals surface area contributed by atoms with Crippen molar-refractivity contribution in [3.63, 3.8) is 0 Å². The second kappa shape index (κ2) is 2.12. The van der Waals surface area contributed by atoms with Gasteiger partial charge in [-0.1, -0.05) is 0 Å². The number of nitrogens with one attached hydrogen (secondary N) is 2. The van der Waals surface area contributed by atoms with Crippen molar-refractivity contribution >= 4 is 6.03 Å². The molecule has 56 valence electrons. The van der Waals surface area contributed by atoms with E-state index in [0.29, 0.717) is 6.04 Å². The molecule has 0 aromatic heterocycles. The summed E-state index contributed by atoms with van der Waals surface area (Å²) in [6, 6.07) is 0.579. The lowest BCUT2D eigenvalue weighted by molar-refractivity contribution is 0.175. The van der Waals surface area contributed by atoms with Gasteiger partial charge in [-0.3, -0.25) is 5.43 Å². The average Bonchev–Trinajstić information content (AvgIpc) is 2.71. The number of carbonyl (C=O) groups is 1. The third-order valence-corrected chi connectivity index (χ3v) is 1.92. The van der Waals surface area contributed by atoms with Gasteiger partial charge in [-0.2, -0.15) is 0 Å². The third kappa shape index (κ3) is 0.945. The first kappa shape index (κ1) is 5.97. The SMILES string of the molecule is O=C1NNCCN1C1CC1. The van der Waals surface area contributed by atoms with Crippen molar-refractivity contribution in [1.82, 2.24) is 15.8 Å². The Balaban J connectivity index is 1.96. The summed E-state index contributed by atoms with van der Waals surface area (Å²) < 4.78 is 0. The van der Waals surface area contributed by atoms with Crippen LogP contribution in [-0.4, -0.2) is 30.1 Å². The van der Waals surface area contributed by atoms with Gasteiger partial charge < -0.3 is 4.90 Å². The fourth-order valence-corrected chi connectivity index (χ4v) is 1.22. The van der Waals surface area contributed by atoms with Crippen LogP contribution in [0.5, 0.6) is 0 Å². The van der Waals surface area contributed by atoms with Crippen LogP contribution >= 0.6 is 0 Å². The van der Waals surface area contributed by atoms with Gasteiger partial charge in [-0.15, -0.1) is 0 Å². The molecule has 1 aliphatic heterocycles. The van der Waals surface area contributed by atoms with Gasteiger partial charge in [0.25, 0.3) is 0 Å². The topological polar surface area (TPSA) is 44.4 Å². The highest BCUT2D eigenvalue weighted by Crippen LogP contribution is 2.26. The molecule has 4 nitrogen and oxygen atoms in total. The van der Waals surface area contributed by atoms with Gasteiger partial charge in [0.05, 0.1) is 0 Å². The summed E-state index contributed by atoms with van der Waals surface area (Å²) in [5, 5.41) is 0. The minimum Gasteiger partial charge on any atom is -0.319 e. The highest BCUT2D eigenvalue weighted by Gasteiger charge is 2.33. The molecule has 0 spiro atoms. The molecule has 0 aromatic carbocycles. The maximum atomic E-state index is 11.0. The molecule has 4 heteroatoms. The zero-order valence-corrected chi connectivity index (χ0v) is 5.76. The smallest absolute Gasteiger partial charge is 0.319 e. The molecule has 0 aromatic rings. The lowest BCUT2D eigenvalue weighted by Crippen LogP contribution is -2.56. The normalized spacial score (nSPS) is 26.4. The molecular weight excluding hydrogens is 130 g/mol. The Morgan fingerprint density at radius 3 is 2.90 bits per heavy atom. The first-order valence-corrected chi connectivity index (χ1v) is 3.67. The van der Waals surface area contributed by atoms with Crippen molar-refractivity contribution < 1.29 is 4.79 Å².